The molecule has 0 saturated heterocycles. The van der Waals surface area contributed by atoms with Gasteiger partial charge >= 0.3 is 5.97 Å². The fraction of sp³-hybridized carbons (Fsp3) is 0.300. The van der Waals surface area contributed by atoms with Gasteiger partial charge in [-0.3, -0.25) is 4.79 Å². The number of nitrogens with one attached hydrogen (secondary N) is 1. The first-order chi connectivity index (χ1) is 12.0. The highest BCUT2D eigenvalue weighted by Crippen LogP contribution is 2.26. The van der Waals surface area contributed by atoms with Crippen molar-refractivity contribution < 1.29 is 19.1 Å². The summed E-state index contributed by atoms with van der Waals surface area (Å²) in [5.74, 6) is -0.0477. The first kappa shape index (κ1) is 18.5. The molecule has 1 atom stereocenters. The third-order valence-electron chi connectivity index (χ3n) is 4.02. The Morgan fingerprint density at radius 3 is 2.60 bits per heavy atom. The summed E-state index contributed by atoms with van der Waals surface area (Å²) in [6.07, 6.45) is 0.970. The normalized spacial score (nSPS) is 11.5. The molecule has 1 amide bonds. The Labute approximate surface area is 148 Å². The molecule has 25 heavy (non-hydrogen) atoms. The smallest absolute Gasteiger partial charge is 0.338 e. The summed E-state index contributed by atoms with van der Waals surface area (Å²) in [6, 6.07) is 14.3. The molecule has 5 heteroatoms. The van der Waals surface area contributed by atoms with Crippen LogP contribution in [0.2, 0.25) is 0 Å². The SMILES string of the molecule is CC[C@@H](C)c1ccccc1NC(=O)COC(=O)c1cccc(OC)c1. The molecular formula is C20H23NO4. The third kappa shape index (κ3) is 5.08. The van der Waals surface area contributed by atoms with Crippen LogP contribution in [0.4, 0.5) is 5.69 Å². The van der Waals surface area contributed by atoms with Crippen LogP contribution < -0.4 is 10.1 Å². The number of amides is 1. The topological polar surface area (TPSA) is 64.6 Å². The maximum Gasteiger partial charge on any atom is 0.338 e. The number of hydrogen-bond donors (Lipinski definition) is 1. The van der Waals surface area contributed by atoms with E-state index >= 15 is 0 Å². The molecule has 1 N–H and O–H groups in total. The number of hydrogen-bond acceptors (Lipinski definition) is 4. The molecule has 0 spiro atoms. The van der Waals surface area contributed by atoms with Gasteiger partial charge in [-0.1, -0.05) is 38.1 Å². The van der Waals surface area contributed by atoms with Gasteiger partial charge in [0.15, 0.2) is 6.61 Å². The van der Waals surface area contributed by atoms with Gasteiger partial charge in [0, 0.05) is 5.69 Å². The lowest BCUT2D eigenvalue weighted by molar-refractivity contribution is -0.119. The highest BCUT2D eigenvalue weighted by atomic mass is 16.5. The van der Waals surface area contributed by atoms with Crippen LogP contribution in [0.15, 0.2) is 48.5 Å². The molecule has 0 saturated carbocycles. The standard InChI is InChI=1S/C20H23NO4/c1-4-14(2)17-10-5-6-11-18(17)21-19(22)13-25-20(23)15-8-7-9-16(12-15)24-3/h5-12,14H,4,13H2,1-3H3,(H,21,22)/t14-/m1/s1. The summed E-state index contributed by atoms with van der Waals surface area (Å²) < 4.78 is 10.2. The molecule has 2 aromatic carbocycles. The minimum atomic E-state index is -0.565. The molecule has 2 aromatic rings. The predicted molar refractivity (Wildman–Crippen MR) is 97.1 cm³/mol. The number of anilines is 1. The summed E-state index contributed by atoms with van der Waals surface area (Å²) in [5, 5.41) is 2.81. The van der Waals surface area contributed by atoms with Crippen LogP contribution in [-0.2, 0) is 9.53 Å². The van der Waals surface area contributed by atoms with Gasteiger partial charge in [0.05, 0.1) is 12.7 Å². The zero-order chi connectivity index (χ0) is 18.2. The number of ether oxygens (including phenoxy) is 2. The molecule has 0 fully saturated rings. The van der Waals surface area contributed by atoms with Crippen molar-refractivity contribution in [2.75, 3.05) is 19.0 Å². The van der Waals surface area contributed by atoms with Crippen molar-refractivity contribution in [3.8, 4) is 5.75 Å². The number of methoxy groups -OCH3 is 1. The molecule has 2 rings (SSSR count). The van der Waals surface area contributed by atoms with Crippen molar-refractivity contribution in [2.45, 2.75) is 26.2 Å². The second kappa shape index (κ2) is 8.87. The minimum Gasteiger partial charge on any atom is -0.497 e. The van der Waals surface area contributed by atoms with Crippen LogP contribution in [0.25, 0.3) is 0 Å². The van der Waals surface area contributed by atoms with E-state index in [4.69, 9.17) is 9.47 Å². The summed E-state index contributed by atoms with van der Waals surface area (Å²) in [4.78, 5) is 24.2. The number of carbonyl (C=O) groups excluding carboxylic acids is 2. The third-order valence-corrected chi connectivity index (χ3v) is 4.02. The summed E-state index contributed by atoms with van der Waals surface area (Å²) >= 11 is 0. The van der Waals surface area contributed by atoms with Crippen LogP contribution in [0, 0.1) is 0 Å². The van der Waals surface area contributed by atoms with Crippen molar-refractivity contribution in [2.24, 2.45) is 0 Å². The molecule has 5 nitrogen and oxygen atoms in total. The Kier molecular flexibility index (Phi) is 6.57. The van der Waals surface area contributed by atoms with Gasteiger partial charge in [-0.2, -0.15) is 0 Å². The lowest BCUT2D eigenvalue weighted by Crippen LogP contribution is -2.21. The number of rotatable bonds is 7. The van der Waals surface area contributed by atoms with Crippen LogP contribution >= 0.6 is 0 Å². The molecular weight excluding hydrogens is 318 g/mol. The Hall–Kier alpha value is -2.82. The van der Waals surface area contributed by atoms with Crippen LogP contribution in [0.3, 0.4) is 0 Å². The fourth-order valence-corrected chi connectivity index (χ4v) is 2.41. The zero-order valence-corrected chi connectivity index (χ0v) is 14.7. The van der Waals surface area contributed by atoms with Crippen molar-refractivity contribution in [3.05, 3.63) is 59.7 Å². The van der Waals surface area contributed by atoms with E-state index in [9.17, 15) is 9.59 Å². The first-order valence-corrected chi connectivity index (χ1v) is 8.25. The van der Waals surface area contributed by atoms with E-state index in [0.29, 0.717) is 17.2 Å². The molecule has 132 valence electrons. The predicted octanol–water partition coefficient (Wildman–Crippen LogP) is 4.00. The van der Waals surface area contributed by atoms with Crippen molar-refractivity contribution in [1.29, 1.82) is 0 Å². The average Bonchev–Trinajstić information content (AvgIpc) is 2.66. The number of para-hydroxylation sites is 1. The van der Waals surface area contributed by atoms with Crippen LogP contribution in [-0.4, -0.2) is 25.6 Å². The zero-order valence-electron chi connectivity index (χ0n) is 14.7. The molecule has 0 bridgehead atoms. The van der Waals surface area contributed by atoms with E-state index in [1.807, 2.05) is 24.3 Å². The maximum absolute atomic E-state index is 12.1. The van der Waals surface area contributed by atoms with Crippen LogP contribution in [0.1, 0.15) is 42.1 Å². The fourth-order valence-electron chi connectivity index (χ4n) is 2.41. The van der Waals surface area contributed by atoms with E-state index in [1.165, 1.54) is 7.11 Å². The Balaban J connectivity index is 1.96. The Morgan fingerprint density at radius 2 is 1.88 bits per heavy atom. The molecule has 0 aliphatic heterocycles. The second-order valence-corrected chi connectivity index (χ2v) is 5.75. The van der Waals surface area contributed by atoms with E-state index in [1.54, 1.807) is 24.3 Å². The van der Waals surface area contributed by atoms with Crippen LogP contribution in [0.5, 0.6) is 5.75 Å². The van der Waals surface area contributed by atoms with Crippen molar-refractivity contribution in [1.82, 2.24) is 0 Å². The van der Waals surface area contributed by atoms with Crippen molar-refractivity contribution >= 4 is 17.6 Å². The quantitative estimate of drug-likeness (QED) is 0.773. The largest absolute Gasteiger partial charge is 0.497 e. The Bertz CT molecular complexity index is 742. The van der Waals surface area contributed by atoms with Crippen molar-refractivity contribution in [3.63, 3.8) is 0 Å². The van der Waals surface area contributed by atoms with Gasteiger partial charge in [-0.25, -0.2) is 4.79 Å². The van der Waals surface area contributed by atoms with E-state index in [2.05, 4.69) is 19.2 Å². The highest BCUT2D eigenvalue weighted by Gasteiger charge is 2.14. The van der Waals surface area contributed by atoms with Gasteiger partial charge in [0.2, 0.25) is 0 Å². The molecule has 0 aromatic heterocycles. The van der Waals surface area contributed by atoms with Gasteiger partial charge in [0.25, 0.3) is 5.91 Å². The molecule has 0 aliphatic carbocycles. The highest BCUT2D eigenvalue weighted by molar-refractivity contribution is 5.96. The van der Waals surface area contributed by atoms with Gasteiger partial charge in [-0.15, -0.1) is 0 Å². The molecule has 0 radical (unpaired) electrons. The maximum atomic E-state index is 12.1. The summed E-state index contributed by atoms with van der Waals surface area (Å²) in [6.45, 7) is 3.86. The van der Waals surface area contributed by atoms with E-state index in [0.717, 1.165) is 17.7 Å². The second-order valence-electron chi connectivity index (χ2n) is 5.75. The molecule has 0 unspecified atom stereocenters. The van der Waals surface area contributed by atoms with E-state index < -0.39 is 5.97 Å². The van der Waals surface area contributed by atoms with E-state index in [-0.39, 0.29) is 12.5 Å². The monoisotopic (exact) mass is 341 g/mol. The average molecular weight is 341 g/mol. The first-order valence-electron chi connectivity index (χ1n) is 8.25. The molecule has 0 aliphatic rings. The lowest BCUT2D eigenvalue weighted by atomic mass is 9.97. The number of carbonyl (C=O) groups is 2. The Morgan fingerprint density at radius 1 is 1.12 bits per heavy atom. The lowest BCUT2D eigenvalue weighted by Gasteiger charge is -2.15. The summed E-state index contributed by atoms with van der Waals surface area (Å²) in [7, 11) is 1.52. The van der Waals surface area contributed by atoms with Gasteiger partial charge in [-0.05, 0) is 42.2 Å². The number of esters is 1. The van der Waals surface area contributed by atoms with Gasteiger partial charge < -0.3 is 14.8 Å². The number of benzene rings is 2. The van der Waals surface area contributed by atoms with Gasteiger partial charge in [0.1, 0.15) is 5.75 Å². The molecule has 0 heterocycles. The minimum absolute atomic E-state index is 0.329. The summed E-state index contributed by atoms with van der Waals surface area (Å²) in [5.41, 5.74) is 2.16.